The van der Waals surface area contributed by atoms with Crippen molar-refractivity contribution in [1.82, 2.24) is 10.6 Å². The largest absolute Gasteiger partial charge is 0.381 e. The van der Waals surface area contributed by atoms with E-state index in [1.54, 1.807) is 0 Å². The maximum atomic E-state index is 11.7. The lowest BCUT2D eigenvalue weighted by Gasteiger charge is -2.28. The average Bonchev–Trinajstić information content (AvgIpc) is 2.35. The summed E-state index contributed by atoms with van der Waals surface area (Å²) in [4.78, 5) is 11.7. The predicted molar refractivity (Wildman–Crippen MR) is 73.6 cm³/mol. The summed E-state index contributed by atoms with van der Waals surface area (Å²) < 4.78 is 5.33. The van der Waals surface area contributed by atoms with Crippen LogP contribution >= 0.6 is 0 Å². The maximum Gasteiger partial charge on any atom is 0.315 e. The third kappa shape index (κ3) is 6.24. The molecule has 2 N–H and O–H groups in total. The van der Waals surface area contributed by atoms with Crippen molar-refractivity contribution >= 4 is 6.03 Å². The van der Waals surface area contributed by atoms with Gasteiger partial charge in [-0.15, -0.1) is 0 Å². The third-order valence-electron chi connectivity index (χ3n) is 3.58. The molecule has 4 nitrogen and oxygen atoms in total. The molecule has 1 rings (SSSR count). The first-order valence-corrected chi connectivity index (χ1v) is 7.21. The van der Waals surface area contributed by atoms with Crippen molar-refractivity contribution in [2.24, 2.45) is 11.8 Å². The Morgan fingerprint density at radius 1 is 1.28 bits per heavy atom. The van der Waals surface area contributed by atoms with E-state index >= 15 is 0 Å². The van der Waals surface area contributed by atoms with Crippen LogP contribution in [0.4, 0.5) is 4.79 Å². The Kier molecular flexibility index (Phi) is 7.09. The predicted octanol–water partition coefficient (Wildman–Crippen LogP) is 2.54. The minimum absolute atomic E-state index is 0.0299. The second kappa shape index (κ2) is 8.35. The van der Waals surface area contributed by atoms with E-state index in [2.05, 4.69) is 31.4 Å². The van der Waals surface area contributed by atoms with E-state index in [9.17, 15) is 4.79 Å². The van der Waals surface area contributed by atoms with E-state index < -0.39 is 0 Å². The van der Waals surface area contributed by atoms with E-state index in [0.717, 1.165) is 45.4 Å². The summed E-state index contributed by atoms with van der Waals surface area (Å²) in [7, 11) is 0. The molecule has 0 bridgehead atoms. The number of rotatable bonds is 6. The molecule has 18 heavy (non-hydrogen) atoms. The molecule has 106 valence electrons. The van der Waals surface area contributed by atoms with Crippen LogP contribution < -0.4 is 10.6 Å². The molecule has 0 aromatic carbocycles. The number of urea groups is 1. The van der Waals surface area contributed by atoms with Crippen molar-refractivity contribution in [2.45, 2.75) is 52.5 Å². The molecule has 2 amide bonds. The lowest BCUT2D eigenvalue weighted by molar-refractivity contribution is 0.0571. The monoisotopic (exact) mass is 256 g/mol. The Balaban J connectivity index is 2.10. The van der Waals surface area contributed by atoms with Gasteiger partial charge in [-0.3, -0.25) is 0 Å². The van der Waals surface area contributed by atoms with Crippen molar-refractivity contribution in [3.63, 3.8) is 0 Å². The molecule has 0 aromatic heterocycles. The van der Waals surface area contributed by atoms with Crippen molar-refractivity contribution in [1.29, 1.82) is 0 Å². The van der Waals surface area contributed by atoms with Crippen LogP contribution in [0.25, 0.3) is 0 Å². The van der Waals surface area contributed by atoms with Crippen LogP contribution in [0.15, 0.2) is 0 Å². The SMILES string of the molecule is CC(C)CCCNC(=O)N[C@H](C)C1CCOCC1. The van der Waals surface area contributed by atoms with Gasteiger partial charge in [0.1, 0.15) is 0 Å². The molecular weight excluding hydrogens is 228 g/mol. The summed E-state index contributed by atoms with van der Waals surface area (Å²) in [6, 6.07) is 0.205. The number of nitrogens with one attached hydrogen (secondary N) is 2. The highest BCUT2D eigenvalue weighted by Gasteiger charge is 2.21. The Bertz CT molecular complexity index is 238. The second-order valence-corrected chi connectivity index (χ2v) is 5.67. The minimum atomic E-state index is -0.0299. The number of carbonyl (C=O) groups excluding carboxylic acids is 1. The number of carbonyl (C=O) groups is 1. The van der Waals surface area contributed by atoms with Crippen LogP contribution in [0.3, 0.4) is 0 Å². The Morgan fingerprint density at radius 2 is 1.94 bits per heavy atom. The number of amides is 2. The van der Waals surface area contributed by atoms with Crippen LogP contribution in [0.1, 0.15) is 46.5 Å². The van der Waals surface area contributed by atoms with E-state index in [-0.39, 0.29) is 12.1 Å². The van der Waals surface area contributed by atoms with Gasteiger partial charge in [-0.1, -0.05) is 13.8 Å². The van der Waals surface area contributed by atoms with Crippen molar-refractivity contribution in [2.75, 3.05) is 19.8 Å². The molecule has 0 radical (unpaired) electrons. The van der Waals surface area contributed by atoms with Gasteiger partial charge in [-0.05, 0) is 44.4 Å². The molecule has 0 saturated carbocycles. The van der Waals surface area contributed by atoms with Gasteiger partial charge in [-0.25, -0.2) is 4.79 Å². The zero-order valence-corrected chi connectivity index (χ0v) is 12.0. The van der Waals surface area contributed by atoms with Crippen LogP contribution in [-0.4, -0.2) is 31.8 Å². The van der Waals surface area contributed by atoms with E-state index in [0.29, 0.717) is 11.8 Å². The summed E-state index contributed by atoms with van der Waals surface area (Å²) >= 11 is 0. The molecule has 1 aliphatic heterocycles. The van der Waals surface area contributed by atoms with Gasteiger partial charge in [0.25, 0.3) is 0 Å². The Hall–Kier alpha value is -0.770. The zero-order valence-electron chi connectivity index (χ0n) is 12.0. The van der Waals surface area contributed by atoms with E-state index in [1.165, 1.54) is 0 Å². The van der Waals surface area contributed by atoms with Crippen molar-refractivity contribution in [3.8, 4) is 0 Å². The van der Waals surface area contributed by atoms with Crippen molar-refractivity contribution in [3.05, 3.63) is 0 Å². The molecule has 0 unspecified atom stereocenters. The lowest BCUT2D eigenvalue weighted by atomic mass is 9.93. The summed E-state index contributed by atoms with van der Waals surface area (Å²) in [5.41, 5.74) is 0. The molecule has 1 saturated heterocycles. The summed E-state index contributed by atoms with van der Waals surface area (Å²) in [6.07, 6.45) is 4.32. The molecule has 1 aliphatic rings. The van der Waals surface area contributed by atoms with Crippen LogP contribution in [0.5, 0.6) is 0 Å². The fourth-order valence-corrected chi connectivity index (χ4v) is 2.30. The smallest absolute Gasteiger partial charge is 0.315 e. The van der Waals surface area contributed by atoms with E-state index in [4.69, 9.17) is 4.74 Å². The summed E-state index contributed by atoms with van der Waals surface area (Å²) in [6.45, 7) is 8.91. The first kappa shape index (κ1) is 15.3. The fraction of sp³-hybridized carbons (Fsp3) is 0.929. The van der Waals surface area contributed by atoms with Crippen LogP contribution in [0.2, 0.25) is 0 Å². The Labute approximate surface area is 111 Å². The normalized spacial score (nSPS) is 18.7. The maximum absolute atomic E-state index is 11.7. The standard InChI is InChI=1S/C14H28N2O2/c1-11(2)5-4-8-15-14(17)16-12(3)13-6-9-18-10-7-13/h11-13H,4-10H2,1-3H3,(H2,15,16,17)/t12-/m1/s1. The van der Waals surface area contributed by atoms with Gasteiger partial charge in [0.05, 0.1) is 0 Å². The topological polar surface area (TPSA) is 50.4 Å². The van der Waals surface area contributed by atoms with Gasteiger partial charge in [0, 0.05) is 25.8 Å². The highest BCUT2D eigenvalue weighted by molar-refractivity contribution is 5.74. The van der Waals surface area contributed by atoms with Crippen molar-refractivity contribution < 1.29 is 9.53 Å². The molecule has 1 heterocycles. The molecule has 0 aliphatic carbocycles. The molecule has 1 fully saturated rings. The molecule has 0 aromatic rings. The molecule has 4 heteroatoms. The van der Waals surface area contributed by atoms with Gasteiger partial charge in [0.15, 0.2) is 0 Å². The first-order valence-electron chi connectivity index (χ1n) is 7.21. The third-order valence-corrected chi connectivity index (χ3v) is 3.58. The molecule has 0 spiro atoms. The minimum Gasteiger partial charge on any atom is -0.381 e. The quantitative estimate of drug-likeness (QED) is 0.718. The summed E-state index contributed by atoms with van der Waals surface area (Å²) in [5.74, 6) is 1.26. The average molecular weight is 256 g/mol. The summed E-state index contributed by atoms with van der Waals surface area (Å²) in [5, 5.41) is 5.96. The van der Waals surface area contributed by atoms with Gasteiger partial charge >= 0.3 is 6.03 Å². The highest BCUT2D eigenvalue weighted by atomic mass is 16.5. The second-order valence-electron chi connectivity index (χ2n) is 5.67. The highest BCUT2D eigenvalue weighted by Crippen LogP contribution is 2.18. The zero-order chi connectivity index (χ0) is 13.4. The number of hydrogen-bond donors (Lipinski definition) is 2. The van der Waals surface area contributed by atoms with Crippen LogP contribution in [0, 0.1) is 11.8 Å². The van der Waals surface area contributed by atoms with Gasteiger partial charge in [-0.2, -0.15) is 0 Å². The fourth-order valence-electron chi connectivity index (χ4n) is 2.30. The van der Waals surface area contributed by atoms with Gasteiger partial charge in [0.2, 0.25) is 0 Å². The molecular formula is C14H28N2O2. The number of ether oxygens (including phenoxy) is 1. The van der Waals surface area contributed by atoms with E-state index in [1.807, 2.05) is 0 Å². The van der Waals surface area contributed by atoms with Gasteiger partial charge < -0.3 is 15.4 Å². The first-order chi connectivity index (χ1) is 8.59. The number of hydrogen-bond acceptors (Lipinski definition) is 2. The van der Waals surface area contributed by atoms with Crippen LogP contribution in [-0.2, 0) is 4.74 Å². The lowest BCUT2D eigenvalue weighted by Crippen LogP contribution is -2.45. The molecule has 1 atom stereocenters. The Morgan fingerprint density at radius 3 is 2.56 bits per heavy atom.